The van der Waals surface area contributed by atoms with Crippen molar-refractivity contribution in [3.63, 3.8) is 0 Å². The van der Waals surface area contributed by atoms with Crippen molar-refractivity contribution in [3.8, 4) is 5.88 Å². The third kappa shape index (κ3) is 5.70. The zero-order valence-electron chi connectivity index (χ0n) is 12.2. The molecule has 19 heavy (non-hydrogen) atoms. The highest BCUT2D eigenvalue weighted by atomic mass is 32.2. The number of nitrogens with zero attached hydrogens (tertiary/aromatic N) is 2. The predicted molar refractivity (Wildman–Crippen MR) is 82.9 cm³/mol. The van der Waals surface area contributed by atoms with E-state index in [1.807, 2.05) is 12.1 Å². The van der Waals surface area contributed by atoms with Gasteiger partial charge in [0.1, 0.15) is 5.03 Å². The Morgan fingerprint density at radius 3 is 2.63 bits per heavy atom. The van der Waals surface area contributed by atoms with E-state index in [2.05, 4.69) is 30.7 Å². The van der Waals surface area contributed by atoms with Crippen LogP contribution in [0.1, 0.15) is 27.2 Å². The SMILES string of the molecule is CCCOc1nc(SCCN(CC)CC)ccc1N. The number of hydrogen-bond acceptors (Lipinski definition) is 5. The molecule has 1 rings (SSSR count). The molecule has 0 unspecified atom stereocenters. The number of hydrogen-bond donors (Lipinski definition) is 1. The van der Waals surface area contributed by atoms with E-state index in [4.69, 9.17) is 10.5 Å². The summed E-state index contributed by atoms with van der Waals surface area (Å²) < 4.78 is 5.54. The highest BCUT2D eigenvalue weighted by molar-refractivity contribution is 7.99. The number of ether oxygens (including phenoxy) is 1. The van der Waals surface area contributed by atoms with Gasteiger partial charge >= 0.3 is 0 Å². The molecule has 0 aliphatic carbocycles. The van der Waals surface area contributed by atoms with E-state index in [1.54, 1.807) is 11.8 Å². The molecule has 0 bridgehead atoms. The van der Waals surface area contributed by atoms with Gasteiger partial charge in [0, 0.05) is 12.3 Å². The standard InChI is InChI=1S/C14H25N3OS/c1-4-10-18-14-12(15)7-8-13(16-14)19-11-9-17(5-2)6-3/h7-8H,4-6,9-11,15H2,1-3H3. The van der Waals surface area contributed by atoms with Crippen LogP contribution in [0.15, 0.2) is 17.2 Å². The van der Waals surface area contributed by atoms with E-state index >= 15 is 0 Å². The molecule has 1 aromatic heterocycles. The first-order valence-electron chi connectivity index (χ1n) is 6.95. The molecule has 0 radical (unpaired) electrons. The zero-order chi connectivity index (χ0) is 14.1. The Balaban J connectivity index is 2.49. The van der Waals surface area contributed by atoms with Gasteiger partial charge in [-0.3, -0.25) is 0 Å². The molecule has 0 fully saturated rings. The van der Waals surface area contributed by atoms with Crippen LogP contribution in [0.5, 0.6) is 5.88 Å². The lowest BCUT2D eigenvalue weighted by atomic mass is 10.4. The number of thioether (sulfide) groups is 1. The van der Waals surface area contributed by atoms with Gasteiger partial charge in [0.15, 0.2) is 0 Å². The summed E-state index contributed by atoms with van der Waals surface area (Å²) in [6, 6.07) is 3.83. The van der Waals surface area contributed by atoms with Crippen LogP contribution in [0.25, 0.3) is 0 Å². The smallest absolute Gasteiger partial charge is 0.238 e. The summed E-state index contributed by atoms with van der Waals surface area (Å²) in [5, 5.41) is 0.979. The largest absolute Gasteiger partial charge is 0.476 e. The molecule has 1 heterocycles. The molecule has 0 saturated heterocycles. The molecule has 0 atom stereocenters. The Labute approximate surface area is 120 Å². The van der Waals surface area contributed by atoms with Crippen LogP contribution in [-0.4, -0.2) is 41.9 Å². The minimum absolute atomic E-state index is 0.565. The maximum absolute atomic E-state index is 5.85. The fraction of sp³-hybridized carbons (Fsp3) is 0.643. The molecule has 1 aromatic rings. The van der Waals surface area contributed by atoms with Crippen LogP contribution in [0.4, 0.5) is 5.69 Å². The maximum Gasteiger partial charge on any atom is 0.238 e. The number of anilines is 1. The fourth-order valence-electron chi connectivity index (χ4n) is 1.65. The topological polar surface area (TPSA) is 51.4 Å². The molecular formula is C14H25N3OS. The van der Waals surface area contributed by atoms with Crippen molar-refractivity contribution in [2.24, 2.45) is 0 Å². The minimum Gasteiger partial charge on any atom is -0.476 e. The van der Waals surface area contributed by atoms with E-state index in [9.17, 15) is 0 Å². The van der Waals surface area contributed by atoms with Crippen LogP contribution in [0, 0.1) is 0 Å². The molecule has 0 saturated carbocycles. The second-order valence-corrected chi connectivity index (χ2v) is 5.38. The Morgan fingerprint density at radius 1 is 1.26 bits per heavy atom. The van der Waals surface area contributed by atoms with Gasteiger partial charge in [-0.1, -0.05) is 20.8 Å². The molecule has 4 nitrogen and oxygen atoms in total. The molecule has 108 valence electrons. The number of nitrogens with two attached hydrogens (primary N) is 1. The van der Waals surface area contributed by atoms with Crippen molar-refractivity contribution in [1.29, 1.82) is 0 Å². The lowest BCUT2D eigenvalue weighted by molar-refractivity contribution is 0.305. The zero-order valence-corrected chi connectivity index (χ0v) is 13.0. The number of rotatable bonds is 9. The van der Waals surface area contributed by atoms with Crippen molar-refractivity contribution in [3.05, 3.63) is 12.1 Å². The van der Waals surface area contributed by atoms with E-state index in [0.29, 0.717) is 18.2 Å². The van der Waals surface area contributed by atoms with Gasteiger partial charge < -0.3 is 15.4 Å². The van der Waals surface area contributed by atoms with Crippen LogP contribution >= 0.6 is 11.8 Å². The Bertz CT molecular complexity index is 370. The first-order valence-corrected chi connectivity index (χ1v) is 7.94. The van der Waals surface area contributed by atoms with Crippen LogP contribution in [-0.2, 0) is 0 Å². The summed E-state index contributed by atoms with van der Waals surface area (Å²) in [5.74, 6) is 1.60. The highest BCUT2D eigenvalue weighted by Gasteiger charge is 2.05. The van der Waals surface area contributed by atoms with E-state index in [0.717, 1.165) is 36.8 Å². The Morgan fingerprint density at radius 2 is 2.00 bits per heavy atom. The monoisotopic (exact) mass is 283 g/mol. The Kier molecular flexibility index (Phi) is 7.67. The van der Waals surface area contributed by atoms with Gasteiger partial charge in [0.2, 0.25) is 5.88 Å². The summed E-state index contributed by atoms with van der Waals surface area (Å²) in [6.07, 6.45) is 0.959. The van der Waals surface area contributed by atoms with E-state index in [-0.39, 0.29) is 0 Å². The maximum atomic E-state index is 5.85. The summed E-state index contributed by atoms with van der Waals surface area (Å²) in [7, 11) is 0. The third-order valence-corrected chi connectivity index (χ3v) is 3.77. The summed E-state index contributed by atoms with van der Waals surface area (Å²) in [5.41, 5.74) is 6.46. The van der Waals surface area contributed by atoms with Crippen molar-refractivity contribution in [1.82, 2.24) is 9.88 Å². The van der Waals surface area contributed by atoms with Gasteiger partial charge in [-0.25, -0.2) is 4.98 Å². The van der Waals surface area contributed by atoms with E-state index in [1.165, 1.54) is 0 Å². The van der Waals surface area contributed by atoms with E-state index < -0.39 is 0 Å². The normalized spacial score (nSPS) is 10.9. The van der Waals surface area contributed by atoms with Crippen molar-refractivity contribution >= 4 is 17.4 Å². The lowest BCUT2D eigenvalue weighted by Gasteiger charge is -2.17. The third-order valence-electron chi connectivity index (χ3n) is 2.86. The van der Waals surface area contributed by atoms with Crippen molar-refractivity contribution in [2.45, 2.75) is 32.2 Å². The number of pyridine rings is 1. The average molecular weight is 283 g/mol. The molecular weight excluding hydrogens is 258 g/mol. The van der Waals surface area contributed by atoms with Gasteiger partial charge in [-0.2, -0.15) is 0 Å². The average Bonchev–Trinajstić information content (AvgIpc) is 2.44. The van der Waals surface area contributed by atoms with Crippen molar-refractivity contribution < 1.29 is 4.74 Å². The molecule has 0 aromatic carbocycles. The minimum atomic E-state index is 0.565. The first kappa shape index (κ1) is 16.1. The van der Waals surface area contributed by atoms with Crippen molar-refractivity contribution in [2.75, 3.05) is 37.7 Å². The molecule has 0 amide bonds. The van der Waals surface area contributed by atoms with Gasteiger partial charge in [0.05, 0.1) is 12.3 Å². The Hall–Kier alpha value is -0.940. The highest BCUT2D eigenvalue weighted by Crippen LogP contribution is 2.24. The lowest BCUT2D eigenvalue weighted by Crippen LogP contribution is -2.25. The molecule has 0 spiro atoms. The fourth-order valence-corrected chi connectivity index (χ4v) is 2.52. The first-order chi connectivity index (χ1) is 9.21. The number of nitrogen functional groups attached to an aromatic ring is 1. The predicted octanol–water partition coefficient (Wildman–Crippen LogP) is 2.89. The molecule has 2 N–H and O–H groups in total. The van der Waals surface area contributed by atoms with Crippen LogP contribution < -0.4 is 10.5 Å². The summed E-state index contributed by atoms with van der Waals surface area (Å²) in [4.78, 5) is 6.86. The molecule has 0 aliphatic heterocycles. The second kappa shape index (κ2) is 9.04. The number of aromatic nitrogens is 1. The van der Waals surface area contributed by atoms with Gasteiger partial charge in [-0.05, 0) is 31.6 Å². The summed E-state index contributed by atoms with van der Waals surface area (Å²) in [6.45, 7) is 10.4. The quantitative estimate of drug-likeness (QED) is 0.706. The van der Waals surface area contributed by atoms with Gasteiger partial charge in [-0.15, -0.1) is 11.8 Å². The molecule has 5 heteroatoms. The summed E-state index contributed by atoms with van der Waals surface area (Å²) >= 11 is 1.75. The van der Waals surface area contributed by atoms with Crippen LogP contribution in [0.3, 0.4) is 0 Å². The second-order valence-electron chi connectivity index (χ2n) is 4.27. The van der Waals surface area contributed by atoms with Gasteiger partial charge in [0.25, 0.3) is 0 Å². The molecule has 0 aliphatic rings. The van der Waals surface area contributed by atoms with Crippen LogP contribution in [0.2, 0.25) is 0 Å².